The molecule has 3 aromatic rings. The fourth-order valence-electron chi connectivity index (χ4n) is 2.46. The van der Waals surface area contributed by atoms with E-state index in [-0.39, 0.29) is 10.9 Å². The van der Waals surface area contributed by atoms with Crippen LogP contribution in [0.4, 0.5) is 11.4 Å². The van der Waals surface area contributed by atoms with Gasteiger partial charge in [-0.25, -0.2) is 0 Å². The quantitative estimate of drug-likeness (QED) is 0.309. The van der Waals surface area contributed by atoms with Crippen LogP contribution in [0.5, 0.6) is 0 Å². The minimum atomic E-state index is -0.270. The van der Waals surface area contributed by atoms with E-state index in [0.717, 1.165) is 0 Å². The molecule has 0 unspecified atom stereocenters. The zero-order chi connectivity index (χ0) is 20.3. The van der Waals surface area contributed by atoms with Crippen molar-refractivity contribution < 1.29 is 4.79 Å². The van der Waals surface area contributed by atoms with Crippen LogP contribution in [0.2, 0.25) is 20.1 Å². The minimum absolute atomic E-state index is 0.270. The van der Waals surface area contributed by atoms with Crippen LogP contribution in [0.15, 0.2) is 60.7 Å². The van der Waals surface area contributed by atoms with Crippen LogP contribution < -0.4 is 10.6 Å². The molecular formula is C20H12Cl4N2OS. The number of carbonyl (C=O) groups excluding carboxylic acids is 1. The Kier molecular flexibility index (Phi) is 6.81. The summed E-state index contributed by atoms with van der Waals surface area (Å²) in [5.74, 6) is -0.270. The summed E-state index contributed by atoms with van der Waals surface area (Å²) in [7, 11) is 0. The Hall–Kier alpha value is -1.82. The van der Waals surface area contributed by atoms with Gasteiger partial charge in [-0.1, -0.05) is 58.5 Å². The first-order valence-corrected chi connectivity index (χ1v) is 9.89. The molecule has 0 spiro atoms. The second-order valence-electron chi connectivity index (χ2n) is 5.71. The number of thiocarbonyl (C=S) groups is 1. The molecule has 0 bridgehead atoms. The fourth-order valence-corrected chi connectivity index (χ4v) is 3.38. The summed E-state index contributed by atoms with van der Waals surface area (Å²) < 4.78 is 0. The Morgan fingerprint density at radius 3 is 2.21 bits per heavy atom. The number of ketones is 1. The van der Waals surface area contributed by atoms with Crippen LogP contribution in [0.3, 0.4) is 0 Å². The SMILES string of the molecule is O=C(c1ccccc1Cl)c1cc(Cl)ccc1NC(=S)Nc1ccc(Cl)c(Cl)c1. The number of rotatable bonds is 4. The fraction of sp³-hybridized carbons (Fsp3) is 0. The third-order valence-electron chi connectivity index (χ3n) is 3.77. The van der Waals surface area contributed by atoms with Crippen LogP contribution in [0, 0.1) is 0 Å². The zero-order valence-corrected chi connectivity index (χ0v) is 17.9. The lowest BCUT2D eigenvalue weighted by molar-refractivity contribution is 0.103. The van der Waals surface area contributed by atoms with Crippen molar-refractivity contribution in [3.63, 3.8) is 0 Å². The van der Waals surface area contributed by atoms with Gasteiger partial charge >= 0.3 is 0 Å². The monoisotopic (exact) mass is 468 g/mol. The molecule has 0 atom stereocenters. The molecule has 0 heterocycles. The Bertz CT molecular complexity index is 1070. The number of benzene rings is 3. The predicted octanol–water partition coefficient (Wildman–Crippen LogP) is 7.34. The van der Waals surface area contributed by atoms with Gasteiger partial charge in [-0.15, -0.1) is 0 Å². The van der Waals surface area contributed by atoms with Crippen molar-refractivity contribution in [3.8, 4) is 0 Å². The van der Waals surface area contributed by atoms with E-state index in [1.807, 2.05) is 0 Å². The molecule has 0 aliphatic rings. The summed E-state index contributed by atoms with van der Waals surface area (Å²) in [4.78, 5) is 13.0. The van der Waals surface area contributed by atoms with E-state index in [1.165, 1.54) is 0 Å². The van der Waals surface area contributed by atoms with Crippen LogP contribution >= 0.6 is 58.6 Å². The molecule has 0 aliphatic heterocycles. The Morgan fingerprint density at radius 2 is 1.50 bits per heavy atom. The van der Waals surface area contributed by atoms with E-state index < -0.39 is 0 Å². The van der Waals surface area contributed by atoms with E-state index in [0.29, 0.717) is 42.6 Å². The number of carbonyl (C=O) groups is 1. The van der Waals surface area contributed by atoms with Crippen molar-refractivity contribution in [1.29, 1.82) is 0 Å². The first-order chi connectivity index (χ1) is 13.3. The lowest BCUT2D eigenvalue weighted by Gasteiger charge is -2.15. The third kappa shape index (κ3) is 4.96. The maximum atomic E-state index is 13.0. The molecule has 3 nitrogen and oxygen atoms in total. The molecule has 0 aromatic heterocycles. The van der Waals surface area contributed by atoms with Crippen molar-refractivity contribution >= 4 is 80.9 Å². The molecule has 8 heteroatoms. The first-order valence-electron chi connectivity index (χ1n) is 7.97. The minimum Gasteiger partial charge on any atom is -0.332 e. The normalized spacial score (nSPS) is 10.4. The number of anilines is 2. The first kappa shape index (κ1) is 20.9. The lowest BCUT2D eigenvalue weighted by Crippen LogP contribution is -2.21. The van der Waals surface area contributed by atoms with Gasteiger partial charge in [0, 0.05) is 21.8 Å². The van der Waals surface area contributed by atoms with Crippen molar-refractivity contribution in [1.82, 2.24) is 0 Å². The summed E-state index contributed by atoms with van der Waals surface area (Å²) in [5.41, 5.74) is 1.86. The van der Waals surface area contributed by atoms with Gasteiger partial charge in [0.05, 0.1) is 20.8 Å². The molecule has 0 saturated carbocycles. The predicted molar refractivity (Wildman–Crippen MR) is 123 cm³/mol. The largest absolute Gasteiger partial charge is 0.332 e. The molecular weight excluding hydrogens is 458 g/mol. The highest BCUT2D eigenvalue weighted by Crippen LogP contribution is 2.28. The molecule has 0 amide bonds. The molecule has 0 saturated heterocycles. The second-order valence-corrected chi connectivity index (χ2v) is 7.77. The third-order valence-corrected chi connectivity index (χ3v) is 5.28. The van der Waals surface area contributed by atoms with Gasteiger partial charge in [-0.05, 0) is 60.7 Å². The van der Waals surface area contributed by atoms with Crippen molar-refractivity contribution in [2.24, 2.45) is 0 Å². The highest BCUT2D eigenvalue weighted by atomic mass is 35.5. The number of halogens is 4. The zero-order valence-electron chi connectivity index (χ0n) is 14.1. The van der Waals surface area contributed by atoms with Crippen LogP contribution in [0.1, 0.15) is 15.9 Å². The molecule has 0 fully saturated rings. The number of nitrogens with one attached hydrogen (secondary N) is 2. The standard InChI is InChI=1S/C20H12Cl4N2OS/c21-11-5-8-18(14(9-11)19(27)13-3-1-2-4-15(13)22)26-20(28)25-12-6-7-16(23)17(24)10-12/h1-10H,(H2,25,26,28). The smallest absolute Gasteiger partial charge is 0.196 e. The molecule has 3 rings (SSSR count). The summed E-state index contributed by atoms with van der Waals surface area (Å²) in [6.45, 7) is 0. The molecule has 0 radical (unpaired) electrons. The van der Waals surface area contributed by atoms with Crippen LogP contribution in [-0.2, 0) is 0 Å². The van der Waals surface area contributed by atoms with E-state index in [9.17, 15) is 4.79 Å². The van der Waals surface area contributed by atoms with Crippen molar-refractivity contribution in [2.45, 2.75) is 0 Å². The van der Waals surface area contributed by atoms with Gasteiger partial charge in [-0.2, -0.15) is 0 Å². The van der Waals surface area contributed by atoms with E-state index in [4.69, 9.17) is 58.6 Å². The maximum absolute atomic E-state index is 13.0. The summed E-state index contributed by atoms with van der Waals surface area (Å²) >= 11 is 29.5. The number of hydrogen-bond donors (Lipinski definition) is 2. The topological polar surface area (TPSA) is 41.1 Å². The Morgan fingerprint density at radius 1 is 0.750 bits per heavy atom. The summed E-state index contributed by atoms with van der Waals surface area (Å²) in [6, 6.07) is 16.8. The maximum Gasteiger partial charge on any atom is 0.196 e. The van der Waals surface area contributed by atoms with Crippen molar-refractivity contribution in [2.75, 3.05) is 10.6 Å². The average Bonchev–Trinajstić information content (AvgIpc) is 2.66. The van der Waals surface area contributed by atoms with E-state index in [2.05, 4.69) is 10.6 Å². The van der Waals surface area contributed by atoms with E-state index >= 15 is 0 Å². The molecule has 28 heavy (non-hydrogen) atoms. The molecule has 142 valence electrons. The average molecular weight is 470 g/mol. The number of hydrogen-bond acceptors (Lipinski definition) is 2. The Balaban J connectivity index is 1.86. The van der Waals surface area contributed by atoms with Gasteiger partial charge in [-0.3, -0.25) is 4.79 Å². The summed E-state index contributed by atoms with van der Waals surface area (Å²) in [6.07, 6.45) is 0. The van der Waals surface area contributed by atoms with Gasteiger partial charge in [0.15, 0.2) is 10.9 Å². The van der Waals surface area contributed by atoms with Crippen molar-refractivity contribution in [3.05, 3.63) is 91.9 Å². The Labute approximate surface area is 187 Å². The second kappa shape index (κ2) is 9.12. The molecule has 2 N–H and O–H groups in total. The van der Waals surface area contributed by atoms with Gasteiger partial charge in [0.2, 0.25) is 0 Å². The van der Waals surface area contributed by atoms with Crippen LogP contribution in [-0.4, -0.2) is 10.9 Å². The van der Waals surface area contributed by atoms with Crippen LogP contribution in [0.25, 0.3) is 0 Å². The highest BCUT2D eigenvalue weighted by molar-refractivity contribution is 7.80. The van der Waals surface area contributed by atoms with Gasteiger partial charge in [0.25, 0.3) is 0 Å². The van der Waals surface area contributed by atoms with Gasteiger partial charge in [0.1, 0.15) is 0 Å². The molecule has 0 aliphatic carbocycles. The molecule has 3 aromatic carbocycles. The summed E-state index contributed by atoms with van der Waals surface area (Å²) in [5, 5.41) is 7.90. The van der Waals surface area contributed by atoms with Gasteiger partial charge < -0.3 is 10.6 Å². The highest BCUT2D eigenvalue weighted by Gasteiger charge is 2.17. The van der Waals surface area contributed by atoms with E-state index in [1.54, 1.807) is 60.7 Å². The lowest BCUT2D eigenvalue weighted by atomic mass is 10.0.